The Balaban J connectivity index is 1.82. The number of aliphatic imine (C=N–C) groups is 1. The molecule has 1 aliphatic heterocycles. The topological polar surface area (TPSA) is 58.1 Å². The molecule has 0 bridgehead atoms. The lowest BCUT2D eigenvalue weighted by atomic mass is 10.0. The Morgan fingerprint density at radius 2 is 2.04 bits per heavy atom. The van der Waals surface area contributed by atoms with E-state index in [2.05, 4.69) is 48.4 Å². The fourth-order valence-electron chi connectivity index (χ4n) is 3.51. The second kappa shape index (κ2) is 12.6. The van der Waals surface area contributed by atoms with Crippen LogP contribution in [0.15, 0.2) is 29.3 Å². The smallest absolute Gasteiger partial charge is 0.191 e. The molecule has 0 radical (unpaired) electrons. The summed E-state index contributed by atoms with van der Waals surface area (Å²) in [5.41, 5.74) is 1.30. The van der Waals surface area contributed by atoms with Crippen LogP contribution in [-0.2, 0) is 11.2 Å². The lowest BCUT2D eigenvalue weighted by Gasteiger charge is -2.36. The van der Waals surface area contributed by atoms with Crippen LogP contribution in [0.2, 0.25) is 0 Å². The number of hydrogen-bond donors (Lipinski definition) is 2. The Bertz CT molecular complexity index is 586. The largest absolute Gasteiger partial charge is 0.497 e. The maximum Gasteiger partial charge on any atom is 0.191 e. The number of methoxy groups -OCH3 is 1. The number of hydrogen-bond acceptors (Lipinski definition) is 4. The molecule has 6 heteroatoms. The van der Waals surface area contributed by atoms with E-state index in [-0.39, 0.29) is 0 Å². The normalized spacial score (nSPS) is 16.8. The molecule has 1 fully saturated rings. The zero-order valence-corrected chi connectivity index (χ0v) is 18.0. The van der Waals surface area contributed by atoms with Gasteiger partial charge in [0.25, 0.3) is 0 Å². The number of morpholine rings is 1. The van der Waals surface area contributed by atoms with Crippen molar-refractivity contribution in [3.63, 3.8) is 0 Å². The summed E-state index contributed by atoms with van der Waals surface area (Å²) < 4.78 is 10.8. The molecule has 1 aromatic rings. The van der Waals surface area contributed by atoms with Crippen molar-refractivity contribution in [1.29, 1.82) is 0 Å². The third kappa shape index (κ3) is 7.68. The summed E-state index contributed by atoms with van der Waals surface area (Å²) in [7, 11) is 1.71. The van der Waals surface area contributed by atoms with Crippen LogP contribution in [0, 0.1) is 5.92 Å². The number of guanidine groups is 1. The second-order valence-corrected chi connectivity index (χ2v) is 7.56. The van der Waals surface area contributed by atoms with Gasteiger partial charge in [-0.15, -0.1) is 0 Å². The molecule has 0 spiro atoms. The monoisotopic (exact) mass is 390 g/mol. The van der Waals surface area contributed by atoms with E-state index in [9.17, 15) is 0 Å². The van der Waals surface area contributed by atoms with Gasteiger partial charge in [-0.2, -0.15) is 0 Å². The third-order valence-electron chi connectivity index (χ3n) is 5.13. The molecule has 0 aliphatic carbocycles. The van der Waals surface area contributed by atoms with Crippen LogP contribution in [0.4, 0.5) is 0 Å². The van der Waals surface area contributed by atoms with Crippen LogP contribution in [0.3, 0.4) is 0 Å². The SMILES string of the molecule is CCNC(=NCC(C(C)C)N1CCOCC1)NCCCc1cccc(OC)c1. The fourth-order valence-corrected chi connectivity index (χ4v) is 3.51. The molecule has 1 atom stereocenters. The van der Waals surface area contributed by atoms with Gasteiger partial charge in [0, 0.05) is 32.2 Å². The van der Waals surface area contributed by atoms with Gasteiger partial charge in [-0.3, -0.25) is 9.89 Å². The van der Waals surface area contributed by atoms with E-state index in [1.165, 1.54) is 5.56 Å². The quantitative estimate of drug-likeness (QED) is 0.365. The summed E-state index contributed by atoms with van der Waals surface area (Å²) >= 11 is 0. The van der Waals surface area contributed by atoms with Crippen molar-refractivity contribution in [1.82, 2.24) is 15.5 Å². The first-order chi connectivity index (χ1) is 13.6. The molecule has 28 heavy (non-hydrogen) atoms. The van der Waals surface area contributed by atoms with Crippen LogP contribution >= 0.6 is 0 Å². The van der Waals surface area contributed by atoms with E-state index < -0.39 is 0 Å². The molecule has 0 amide bonds. The van der Waals surface area contributed by atoms with E-state index >= 15 is 0 Å². The van der Waals surface area contributed by atoms with Gasteiger partial charge in [-0.05, 0) is 43.4 Å². The number of ether oxygens (including phenoxy) is 2. The molecule has 2 N–H and O–H groups in total. The lowest BCUT2D eigenvalue weighted by Crippen LogP contribution is -2.48. The van der Waals surface area contributed by atoms with Gasteiger partial charge in [-0.25, -0.2) is 0 Å². The number of benzene rings is 1. The molecule has 158 valence electrons. The Labute approximate surface area is 170 Å². The predicted octanol–water partition coefficient (Wildman–Crippen LogP) is 2.54. The molecule has 6 nitrogen and oxygen atoms in total. The van der Waals surface area contributed by atoms with Crippen molar-refractivity contribution in [2.24, 2.45) is 10.9 Å². The average Bonchev–Trinajstić information content (AvgIpc) is 2.72. The van der Waals surface area contributed by atoms with Crippen LogP contribution < -0.4 is 15.4 Å². The first-order valence-electron chi connectivity index (χ1n) is 10.6. The maximum absolute atomic E-state index is 5.50. The highest BCUT2D eigenvalue weighted by atomic mass is 16.5. The first-order valence-corrected chi connectivity index (χ1v) is 10.6. The molecule has 0 aromatic heterocycles. The summed E-state index contributed by atoms with van der Waals surface area (Å²) in [4.78, 5) is 7.39. The average molecular weight is 391 g/mol. The Hall–Kier alpha value is -1.79. The Morgan fingerprint density at radius 3 is 2.71 bits per heavy atom. The molecule has 1 saturated heterocycles. The van der Waals surface area contributed by atoms with Crippen molar-refractivity contribution in [3.8, 4) is 5.75 Å². The van der Waals surface area contributed by atoms with Gasteiger partial charge in [0.2, 0.25) is 0 Å². The highest BCUT2D eigenvalue weighted by molar-refractivity contribution is 5.79. The number of nitrogens with one attached hydrogen (secondary N) is 2. The summed E-state index contributed by atoms with van der Waals surface area (Å²) in [6.45, 7) is 12.9. The van der Waals surface area contributed by atoms with Crippen molar-refractivity contribution in [2.45, 2.75) is 39.7 Å². The first kappa shape index (κ1) is 22.5. The minimum atomic E-state index is 0.455. The Kier molecular flexibility index (Phi) is 10.1. The number of nitrogens with zero attached hydrogens (tertiary/aromatic N) is 2. The van der Waals surface area contributed by atoms with E-state index in [0.29, 0.717) is 12.0 Å². The van der Waals surface area contributed by atoms with E-state index in [1.807, 2.05) is 12.1 Å². The van der Waals surface area contributed by atoms with E-state index in [1.54, 1.807) is 7.11 Å². The molecular formula is C22H38N4O2. The third-order valence-corrected chi connectivity index (χ3v) is 5.13. The zero-order chi connectivity index (χ0) is 20.2. The lowest BCUT2D eigenvalue weighted by molar-refractivity contribution is 0.00867. The van der Waals surface area contributed by atoms with Crippen molar-refractivity contribution in [3.05, 3.63) is 29.8 Å². The minimum Gasteiger partial charge on any atom is -0.497 e. The summed E-state index contributed by atoms with van der Waals surface area (Å²) in [5.74, 6) is 2.40. The summed E-state index contributed by atoms with van der Waals surface area (Å²) in [5, 5.41) is 6.85. The Morgan fingerprint density at radius 1 is 1.25 bits per heavy atom. The molecule has 0 saturated carbocycles. The van der Waals surface area contributed by atoms with E-state index in [0.717, 1.165) is 70.5 Å². The predicted molar refractivity (Wildman–Crippen MR) is 116 cm³/mol. The van der Waals surface area contributed by atoms with E-state index in [4.69, 9.17) is 14.5 Å². The minimum absolute atomic E-state index is 0.455. The highest BCUT2D eigenvalue weighted by Crippen LogP contribution is 2.14. The van der Waals surface area contributed by atoms with Gasteiger partial charge in [0.05, 0.1) is 26.9 Å². The molecule has 1 heterocycles. The van der Waals surface area contributed by atoms with Gasteiger partial charge < -0.3 is 20.1 Å². The number of aryl methyl sites for hydroxylation is 1. The molecule has 1 aliphatic rings. The summed E-state index contributed by atoms with van der Waals surface area (Å²) in [6.07, 6.45) is 2.07. The van der Waals surface area contributed by atoms with Gasteiger partial charge >= 0.3 is 0 Å². The van der Waals surface area contributed by atoms with Gasteiger partial charge in [-0.1, -0.05) is 26.0 Å². The van der Waals surface area contributed by atoms with Crippen LogP contribution in [0.5, 0.6) is 5.75 Å². The molecule has 2 rings (SSSR count). The van der Waals surface area contributed by atoms with Crippen molar-refractivity contribution >= 4 is 5.96 Å². The number of rotatable bonds is 10. The zero-order valence-electron chi connectivity index (χ0n) is 18.0. The van der Waals surface area contributed by atoms with Crippen molar-refractivity contribution in [2.75, 3.05) is 53.0 Å². The second-order valence-electron chi connectivity index (χ2n) is 7.56. The van der Waals surface area contributed by atoms with Crippen LogP contribution in [0.1, 0.15) is 32.8 Å². The standard InChI is InChI=1S/C22H38N4O2/c1-5-23-22(24-11-7-9-19-8-6-10-20(16-19)27-4)25-17-21(18(2)3)26-12-14-28-15-13-26/h6,8,10,16,18,21H,5,7,9,11-15,17H2,1-4H3,(H2,23,24,25). The molecule has 1 aromatic carbocycles. The van der Waals surface area contributed by atoms with Crippen LogP contribution in [0.25, 0.3) is 0 Å². The summed E-state index contributed by atoms with van der Waals surface area (Å²) in [6, 6.07) is 8.74. The van der Waals surface area contributed by atoms with Crippen LogP contribution in [-0.4, -0.2) is 69.9 Å². The maximum atomic E-state index is 5.50. The van der Waals surface area contributed by atoms with Gasteiger partial charge in [0.1, 0.15) is 5.75 Å². The van der Waals surface area contributed by atoms with Gasteiger partial charge in [0.15, 0.2) is 5.96 Å². The highest BCUT2D eigenvalue weighted by Gasteiger charge is 2.23. The van der Waals surface area contributed by atoms with Crippen molar-refractivity contribution < 1.29 is 9.47 Å². The molecular weight excluding hydrogens is 352 g/mol. The molecule has 1 unspecified atom stereocenters. The fraction of sp³-hybridized carbons (Fsp3) is 0.682.